The fourth-order valence-electron chi connectivity index (χ4n) is 8.71. The van der Waals surface area contributed by atoms with Crippen molar-refractivity contribution < 1.29 is 24.1 Å². The van der Waals surface area contributed by atoms with E-state index in [1.54, 1.807) is 0 Å². The molecule has 0 spiro atoms. The largest absolute Gasteiger partial charge is 0.497 e. The minimum Gasteiger partial charge on any atom is -0.497 e. The van der Waals surface area contributed by atoms with E-state index < -0.39 is 5.60 Å². The van der Waals surface area contributed by atoms with E-state index in [4.69, 9.17) is 14.2 Å². The molecule has 32 heavy (non-hydrogen) atoms. The minimum absolute atomic E-state index is 0.0709. The summed E-state index contributed by atoms with van der Waals surface area (Å²) in [5.41, 5.74) is 0.896. The van der Waals surface area contributed by atoms with Crippen LogP contribution in [0.25, 0.3) is 0 Å². The molecule has 0 radical (unpaired) electrons. The molecule has 0 saturated heterocycles. The number of hydrogen-bond donors (Lipinski definition) is 1. The van der Waals surface area contributed by atoms with Crippen LogP contribution in [-0.2, 0) is 19.0 Å². The van der Waals surface area contributed by atoms with Gasteiger partial charge in [-0.15, -0.1) is 0 Å². The predicted octanol–water partition coefficient (Wildman–Crippen LogP) is 5.14. The van der Waals surface area contributed by atoms with Crippen molar-refractivity contribution in [3.63, 3.8) is 0 Å². The second-order valence-corrected chi connectivity index (χ2v) is 11.6. The standard InChI is InChI=1S/C27H40O5/c1-18(28)31-17-32-21-8-11-25(2)20(15-21)6-7-24-23(25)9-12-26(3)22(10-13-27(24,26)29)19-5-4-14-30-16-19/h4-5,16,20-24,29H,6-15,17H2,1-3H3. The summed E-state index contributed by atoms with van der Waals surface area (Å²) in [7, 11) is 0. The first-order chi connectivity index (χ1) is 15.3. The van der Waals surface area contributed by atoms with Crippen LogP contribution in [0.3, 0.4) is 0 Å². The topological polar surface area (TPSA) is 65.0 Å². The molecular formula is C27H40O5. The molecule has 1 N–H and O–H groups in total. The molecule has 4 aliphatic carbocycles. The van der Waals surface area contributed by atoms with Gasteiger partial charge in [0.2, 0.25) is 0 Å². The number of allylic oxidation sites excluding steroid dienone is 2. The van der Waals surface area contributed by atoms with Gasteiger partial charge in [-0.1, -0.05) is 19.9 Å². The van der Waals surface area contributed by atoms with Crippen LogP contribution >= 0.6 is 0 Å². The zero-order valence-electron chi connectivity index (χ0n) is 20.0. The van der Waals surface area contributed by atoms with Gasteiger partial charge in [0.25, 0.3) is 0 Å². The quantitative estimate of drug-likeness (QED) is 0.481. The van der Waals surface area contributed by atoms with Gasteiger partial charge in [-0.3, -0.25) is 4.79 Å². The maximum Gasteiger partial charge on any atom is 0.304 e. The fraction of sp³-hybridized carbons (Fsp3) is 0.815. The van der Waals surface area contributed by atoms with E-state index in [0.29, 0.717) is 30.3 Å². The van der Waals surface area contributed by atoms with Gasteiger partial charge < -0.3 is 19.3 Å². The molecule has 1 heterocycles. The molecule has 0 aromatic carbocycles. The van der Waals surface area contributed by atoms with Gasteiger partial charge in [0, 0.05) is 12.3 Å². The summed E-state index contributed by atoms with van der Waals surface area (Å²) < 4.78 is 16.5. The Bertz CT molecular complexity index is 804. The monoisotopic (exact) mass is 444 g/mol. The molecule has 8 unspecified atom stereocenters. The van der Waals surface area contributed by atoms with Crippen molar-refractivity contribution in [2.24, 2.45) is 34.5 Å². The molecule has 5 nitrogen and oxygen atoms in total. The van der Waals surface area contributed by atoms with Crippen LogP contribution in [-0.4, -0.2) is 36.2 Å². The Labute approximate surface area is 192 Å². The van der Waals surface area contributed by atoms with Gasteiger partial charge in [-0.2, -0.15) is 0 Å². The van der Waals surface area contributed by atoms with Crippen molar-refractivity contribution in [1.29, 1.82) is 0 Å². The van der Waals surface area contributed by atoms with E-state index >= 15 is 0 Å². The number of carbonyl (C=O) groups is 1. The van der Waals surface area contributed by atoms with E-state index in [0.717, 1.165) is 44.9 Å². The first kappa shape index (κ1) is 22.5. The third-order valence-electron chi connectivity index (χ3n) is 10.5. The van der Waals surface area contributed by atoms with Gasteiger partial charge in [0.15, 0.2) is 6.79 Å². The highest BCUT2D eigenvalue weighted by atomic mass is 16.7. The highest BCUT2D eigenvalue weighted by molar-refractivity contribution is 5.65. The van der Waals surface area contributed by atoms with E-state index in [-0.39, 0.29) is 29.7 Å². The molecule has 8 atom stereocenters. The number of aliphatic hydroxyl groups is 1. The zero-order valence-corrected chi connectivity index (χ0v) is 20.0. The van der Waals surface area contributed by atoms with Gasteiger partial charge in [-0.05, 0) is 98.5 Å². The van der Waals surface area contributed by atoms with Crippen LogP contribution < -0.4 is 0 Å². The van der Waals surface area contributed by atoms with Gasteiger partial charge >= 0.3 is 5.97 Å². The Balaban J connectivity index is 1.32. The van der Waals surface area contributed by atoms with E-state index in [2.05, 4.69) is 26.0 Å². The second kappa shape index (κ2) is 8.16. The first-order valence-electron chi connectivity index (χ1n) is 12.7. The molecule has 5 heteroatoms. The summed E-state index contributed by atoms with van der Waals surface area (Å²) in [5.74, 6) is 1.70. The molecule has 0 bridgehead atoms. The SMILES string of the molecule is CC(=O)OCOC1CCC2(C)C(CCC3C2CCC2(C)C(C4=COCC=C4)CCC32O)C1. The molecule has 0 amide bonds. The lowest BCUT2D eigenvalue weighted by molar-refractivity contribution is -0.213. The third-order valence-corrected chi connectivity index (χ3v) is 10.5. The Morgan fingerprint density at radius 2 is 1.97 bits per heavy atom. The summed E-state index contributed by atoms with van der Waals surface area (Å²) in [4.78, 5) is 11.1. The minimum atomic E-state index is -0.580. The molecule has 5 rings (SSSR count). The number of esters is 1. The number of hydrogen-bond acceptors (Lipinski definition) is 5. The summed E-state index contributed by atoms with van der Waals surface area (Å²) in [5, 5.41) is 12.3. The highest BCUT2D eigenvalue weighted by Crippen LogP contribution is 2.70. The smallest absolute Gasteiger partial charge is 0.304 e. The molecule has 4 fully saturated rings. The van der Waals surface area contributed by atoms with Crippen LogP contribution in [0, 0.1) is 34.5 Å². The normalized spacial score (nSPS) is 47.5. The maximum atomic E-state index is 12.3. The predicted molar refractivity (Wildman–Crippen MR) is 121 cm³/mol. The number of carbonyl (C=O) groups excluding carboxylic acids is 1. The van der Waals surface area contributed by atoms with Crippen LogP contribution in [0.1, 0.15) is 78.6 Å². The van der Waals surface area contributed by atoms with Crippen molar-refractivity contribution in [3.05, 3.63) is 24.0 Å². The van der Waals surface area contributed by atoms with Crippen molar-refractivity contribution >= 4 is 5.97 Å². The molecule has 5 aliphatic rings. The lowest BCUT2D eigenvalue weighted by Crippen LogP contribution is -2.62. The van der Waals surface area contributed by atoms with Crippen molar-refractivity contribution in [3.8, 4) is 0 Å². The van der Waals surface area contributed by atoms with Crippen LogP contribution in [0.2, 0.25) is 0 Å². The van der Waals surface area contributed by atoms with Crippen molar-refractivity contribution in [2.45, 2.75) is 90.3 Å². The van der Waals surface area contributed by atoms with Crippen LogP contribution in [0.5, 0.6) is 0 Å². The summed E-state index contributed by atoms with van der Waals surface area (Å²) in [6.45, 7) is 7.01. The molecule has 178 valence electrons. The van der Waals surface area contributed by atoms with Crippen molar-refractivity contribution in [1.82, 2.24) is 0 Å². The zero-order chi connectivity index (χ0) is 22.6. The average molecular weight is 445 g/mol. The number of rotatable bonds is 4. The Morgan fingerprint density at radius 1 is 1.12 bits per heavy atom. The highest BCUT2D eigenvalue weighted by Gasteiger charge is 2.67. The lowest BCUT2D eigenvalue weighted by Gasteiger charge is -2.63. The van der Waals surface area contributed by atoms with Gasteiger partial charge in [0.1, 0.15) is 6.61 Å². The van der Waals surface area contributed by atoms with Crippen LogP contribution in [0.4, 0.5) is 0 Å². The number of fused-ring (bicyclic) bond motifs is 5. The summed E-state index contributed by atoms with van der Waals surface area (Å²) >= 11 is 0. The average Bonchev–Trinajstić information content (AvgIpc) is 3.05. The van der Waals surface area contributed by atoms with Gasteiger partial charge in [-0.25, -0.2) is 0 Å². The maximum absolute atomic E-state index is 12.3. The van der Waals surface area contributed by atoms with Crippen molar-refractivity contribution in [2.75, 3.05) is 13.4 Å². The van der Waals surface area contributed by atoms with E-state index in [1.807, 2.05) is 6.26 Å². The Hall–Kier alpha value is -1.33. The van der Waals surface area contributed by atoms with Crippen LogP contribution in [0.15, 0.2) is 24.0 Å². The number of ether oxygens (including phenoxy) is 3. The van der Waals surface area contributed by atoms with E-state index in [1.165, 1.54) is 25.3 Å². The molecule has 0 aromatic rings. The van der Waals surface area contributed by atoms with E-state index in [9.17, 15) is 9.90 Å². The molecule has 0 aromatic heterocycles. The summed E-state index contributed by atoms with van der Waals surface area (Å²) in [6, 6.07) is 0. The third kappa shape index (κ3) is 3.37. The fourth-order valence-corrected chi connectivity index (χ4v) is 8.71. The lowest BCUT2D eigenvalue weighted by atomic mass is 9.43. The Morgan fingerprint density at radius 3 is 2.72 bits per heavy atom. The second-order valence-electron chi connectivity index (χ2n) is 11.6. The molecular weight excluding hydrogens is 404 g/mol. The molecule has 4 saturated carbocycles. The summed E-state index contributed by atoms with van der Waals surface area (Å²) in [6.07, 6.45) is 16.2. The Kier molecular flexibility index (Phi) is 5.73. The van der Waals surface area contributed by atoms with Gasteiger partial charge in [0.05, 0.1) is 18.0 Å². The first-order valence-corrected chi connectivity index (χ1v) is 12.7. The molecule has 1 aliphatic heterocycles.